The lowest BCUT2D eigenvalue weighted by Gasteiger charge is -2.21. The molecule has 0 amide bonds. The van der Waals surface area contributed by atoms with E-state index >= 15 is 0 Å². The Labute approximate surface area is 251 Å². The normalized spacial score (nSPS) is 12.0. The van der Waals surface area contributed by atoms with Gasteiger partial charge in [0.15, 0.2) is 23.0 Å². The molecule has 1 N–H and O–H groups in total. The van der Waals surface area contributed by atoms with Crippen molar-refractivity contribution < 1.29 is 33.2 Å². The first kappa shape index (κ1) is 31.4. The molecule has 0 unspecified atom stereocenters. The van der Waals surface area contributed by atoms with Gasteiger partial charge in [0.05, 0.1) is 37.5 Å². The van der Waals surface area contributed by atoms with Crippen LogP contribution in [0.3, 0.4) is 0 Å². The Morgan fingerprint density at radius 3 is 2.43 bits per heavy atom. The maximum atomic E-state index is 6.71. The predicted molar refractivity (Wildman–Crippen MR) is 161 cm³/mol. The summed E-state index contributed by atoms with van der Waals surface area (Å²) in [6, 6.07) is 5.52. The van der Waals surface area contributed by atoms with Crippen LogP contribution in [0, 0.1) is 11.8 Å². The van der Waals surface area contributed by atoms with Gasteiger partial charge in [0.25, 0.3) is 0 Å². The zero-order valence-electron chi connectivity index (χ0n) is 24.5. The van der Waals surface area contributed by atoms with Crippen molar-refractivity contribution in [1.82, 2.24) is 14.9 Å². The molecule has 0 spiro atoms. The molecule has 0 aliphatic carbocycles. The Morgan fingerprint density at radius 1 is 0.905 bits per heavy atom. The van der Waals surface area contributed by atoms with Crippen LogP contribution in [0.5, 0.6) is 23.0 Å². The Balaban J connectivity index is 1.51. The molecule has 11 nitrogen and oxygen atoms in total. The number of rotatable bonds is 16. The van der Waals surface area contributed by atoms with Gasteiger partial charge in [0.1, 0.15) is 24.4 Å². The number of nitrogens with zero attached hydrogens (tertiary/aromatic N) is 3. The molecule has 0 saturated carbocycles. The van der Waals surface area contributed by atoms with Crippen LogP contribution in [0.4, 0.5) is 11.5 Å². The van der Waals surface area contributed by atoms with Gasteiger partial charge in [-0.2, -0.15) is 0 Å². The third-order valence-electron chi connectivity index (χ3n) is 6.56. The molecule has 3 aromatic rings. The van der Waals surface area contributed by atoms with E-state index in [0.717, 1.165) is 37.0 Å². The van der Waals surface area contributed by atoms with Crippen molar-refractivity contribution in [3.05, 3.63) is 35.1 Å². The average molecular weight is 601 g/mol. The zero-order chi connectivity index (χ0) is 29.7. The molecule has 0 fully saturated rings. The van der Waals surface area contributed by atoms with Crippen LogP contribution < -0.4 is 24.3 Å². The van der Waals surface area contributed by atoms with E-state index in [1.807, 2.05) is 18.2 Å². The van der Waals surface area contributed by atoms with Gasteiger partial charge < -0.3 is 38.5 Å². The van der Waals surface area contributed by atoms with Gasteiger partial charge in [-0.25, -0.2) is 9.97 Å². The second-order valence-corrected chi connectivity index (χ2v) is 9.72. The molecule has 42 heavy (non-hydrogen) atoms. The first-order valence-electron chi connectivity index (χ1n) is 13.6. The minimum absolute atomic E-state index is 0.0818. The quantitative estimate of drug-likeness (QED) is 0.188. The van der Waals surface area contributed by atoms with Crippen LogP contribution in [0.1, 0.15) is 12.0 Å². The molecule has 1 aliphatic rings. The summed E-state index contributed by atoms with van der Waals surface area (Å²) in [7, 11) is 6.61. The molecule has 1 aliphatic heterocycles. The van der Waals surface area contributed by atoms with Crippen molar-refractivity contribution >= 4 is 34.0 Å². The zero-order valence-corrected chi connectivity index (χ0v) is 25.2. The maximum Gasteiger partial charge on any atom is 0.231 e. The lowest BCUT2D eigenvalue weighted by atomic mass is 10.1. The van der Waals surface area contributed by atoms with Crippen molar-refractivity contribution in [3.63, 3.8) is 0 Å². The number of ether oxygens (including phenoxy) is 7. The van der Waals surface area contributed by atoms with E-state index < -0.39 is 0 Å². The SMILES string of the molecule is COCC#CCc1cc(Cl)c(Nc2ncnc3cc(OCCCN(CCOC)CCOC)c(OC)cc23)c2c1OCO2. The standard InChI is InChI=1S/C30H37ClN4O7/c1-36-12-6-5-8-21-16-23(31)27(29-28(21)41-20-42-29)34-30-22-17-25(39-4)26(18-24(22)32-19-33-30)40-13-7-9-35(10-14-37-2)11-15-38-3/h16-19H,7-15,20H2,1-4H3,(H,32,33,34). The van der Waals surface area contributed by atoms with E-state index in [1.165, 1.54) is 6.33 Å². The van der Waals surface area contributed by atoms with Crippen molar-refractivity contribution in [2.24, 2.45) is 0 Å². The van der Waals surface area contributed by atoms with Crippen LogP contribution in [-0.4, -0.2) is 96.2 Å². The van der Waals surface area contributed by atoms with Crippen molar-refractivity contribution in [1.29, 1.82) is 0 Å². The molecule has 1 aromatic heterocycles. The lowest BCUT2D eigenvalue weighted by molar-refractivity contribution is 0.110. The smallest absolute Gasteiger partial charge is 0.231 e. The van der Waals surface area contributed by atoms with Gasteiger partial charge in [-0.3, -0.25) is 4.90 Å². The molecule has 0 saturated heterocycles. The van der Waals surface area contributed by atoms with Crippen LogP contribution in [0.25, 0.3) is 10.9 Å². The van der Waals surface area contributed by atoms with Crippen molar-refractivity contribution in [2.75, 3.05) is 86.6 Å². The summed E-state index contributed by atoms with van der Waals surface area (Å²) < 4.78 is 38.8. The fourth-order valence-electron chi connectivity index (χ4n) is 4.43. The van der Waals surface area contributed by atoms with Crippen molar-refractivity contribution in [3.8, 4) is 34.8 Å². The summed E-state index contributed by atoms with van der Waals surface area (Å²) in [5.41, 5.74) is 2.06. The second-order valence-electron chi connectivity index (χ2n) is 9.32. The Hall–Kier alpha value is -3.53. The maximum absolute atomic E-state index is 6.71. The summed E-state index contributed by atoms with van der Waals surface area (Å²) in [6.45, 7) is 4.80. The number of hydrogen-bond donors (Lipinski definition) is 1. The van der Waals surface area contributed by atoms with Crippen LogP contribution in [-0.2, 0) is 20.6 Å². The molecule has 0 atom stereocenters. The van der Waals surface area contributed by atoms with Gasteiger partial charge in [-0.05, 0) is 18.6 Å². The number of halogens is 1. The number of hydrogen-bond acceptors (Lipinski definition) is 11. The first-order valence-corrected chi connectivity index (χ1v) is 14.0. The average Bonchev–Trinajstić information content (AvgIpc) is 3.50. The minimum Gasteiger partial charge on any atom is -0.493 e. The van der Waals surface area contributed by atoms with Crippen LogP contribution in [0.15, 0.2) is 24.5 Å². The largest absolute Gasteiger partial charge is 0.493 e. The first-order chi connectivity index (χ1) is 20.6. The van der Waals surface area contributed by atoms with Gasteiger partial charge in [0.2, 0.25) is 6.79 Å². The molecule has 2 aromatic carbocycles. The summed E-state index contributed by atoms with van der Waals surface area (Å²) in [4.78, 5) is 11.2. The highest BCUT2D eigenvalue weighted by Gasteiger charge is 2.25. The molecular weight excluding hydrogens is 564 g/mol. The molecule has 226 valence electrons. The van der Waals surface area contributed by atoms with E-state index in [0.29, 0.717) is 77.9 Å². The van der Waals surface area contributed by atoms with Crippen LogP contribution >= 0.6 is 11.6 Å². The van der Waals surface area contributed by atoms with E-state index in [9.17, 15) is 0 Å². The summed E-state index contributed by atoms with van der Waals surface area (Å²) in [6.07, 6.45) is 2.75. The Kier molecular flexibility index (Phi) is 12.1. The third kappa shape index (κ3) is 8.06. The van der Waals surface area contributed by atoms with E-state index in [4.69, 9.17) is 44.8 Å². The minimum atomic E-state index is 0.0818. The molecular formula is C30H37ClN4O7. The second kappa shape index (κ2) is 16.2. The number of anilines is 2. The van der Waals surface area contributed by atoms with Gasteiger partial charge in [0, 0.05) is 64.4 Å². The number of aromatic nitrogens is 2. The van der Waals surface area contributed by atoms with Gasteiger partial charge >= 0.3 is 0 Å². The monoisotopic (exact) mass is 600 g/mol. The molecule has 0 radical (unpaired) electrons. The highest BCUT2D eigenvalue weighted by Crippen LogP contribution is 2.48. The number of benzene rings is 2. The fraction of sp³-hybridized carbons (Fsp3) is 0.467. The Bertz CT molecular complexity index is 1390. The highest BCUT2D eigenvalue weighted by molar-refractivity contribution is 6.34. The molecule has 2 heterocycles. The number of methoxy groups -OCH3 is 4. The fourth-order valence-corrected chi connectivity index (χ4v) is 4.70. The van der Waals surface area contributed by atoms with E-state index in [-0.39, 0.29) is 6.79 Å². The summed E-state index contributed by atoms with van der Waals surface area (Å²) in [5, 5.41) is 4.50. The predicted octanol–water partition coefficient (Wildman–Crippen LogP) is 4.32. The molecule has 12 heteroatoms. The van der Waals surface area contributed by atoms with Gasteiger partial charge in [-0.1, -0.05) is 23.4 Å². The lowest BCUT2D eigenvalue weighted by Crippen LogP contribution is -2.32. The highest BCUT2D eigenvalue weighted by atomic mass is 35.5. The number of nitrogens with one attached hydrogen (secondary N) is 1. The summed E-state index contributed by atoms with van der Waals surface area (Å²) >= 11 is 6.71. The Morgan fingerprint density at radius 2 is 1.69 bits per heavy atom. The van der Waals surface area contributed by atoms with E-state index in [2.05, 4.69) is 32.0 Å². The molecule has 0 bridgehead atoms. The number of fused-ring (bicyclic) bond motifs is 2. The topological polar surface area (TPSA) is 106 Å². The van der Waals surface area contributed by atoms with Gasteiger partial charge in [-0.15, -0.1) is 0 Å². The third-order valence-corrected chi connectivity index (χ3v) is 6.85. The van der Waals surface area contributed by atoms with Crippen LogP contribution in [0.2, 0.25) is 5.02 Å². The summed E-state index contributed by atoms with van der Waals surface area (Å²) in [5.74, 6) is 8.81. The van der Waals surface area contributed by atoms with Crippen molar-refractivity contribution in [2.45, 2.75) is 12.8 Å². The van der Waals surface area contributed by atoms with E-state index in [1.54, 1.807) is 28.4 Å². The molecule has 4 rings (SSSR count).